The molecule has 5 unspecified atom stereocenters. The SMILES string of the molecule is CCCCC(C)CC1(CC)OC2CC(=O)OC2(CC)C1O. The van der Waals surface area contributed by atoms with Gasteiger partial charge in [0.15, 0.2) is 5.60 Å². The van der Waals surface area contributed by atoms with Crippen molar-refractivity contribution in [2.45, 2.75) is 96.1 Å². The number of carbonyl (C=O) groups excluding carboxylic acids is 1. The number of hydrogen-bond acceptors (Lipinski definition) is 4. The summed E-state index contributed by atoms with van der Waals surface area (Å²) in [6.45, 7) is 8.44. The summed E-state index contributed by atoms with van der Waals surface area (Å²) in [5.41, 5.74) is -1.38. The van der Waals surface area contributed by atoms with Crippen LogP contribution in [0.1, 0.15) is 72.6 Å². The maximum atomic E-state index is 11.6. The molecule has 2 aliphatic rings. The molecule has 0 amide bonds. The Morgan fingerprint density at radius 3 is 2.57 bits per heavy atom. The number of rotatable bonds is 7. The highest BCUT2D eigenvalue weighted by Gasteiger charge is 2.67. The minimum atomic E-state index is -0.822. The number of hydrogen-bond donors (Lipinski definition) is 1. The molecule has 0 aromatic carbocycles. The van der Waals surface area contributed by atoms with E-state index >= 15 is 0 Å². The Bertz CT molecular complexity index is 383. The Morgan fingerprint density at radius 1 is 1.33 bits per heavy atom. The van der Waals surface area contributed by atoms with Crippen molar-refractivity contribution < 1.29 is 19.4 Å². The molecule has 0 aromatic heterocycles. The second kappa shape index (κ2) is 6.25. The van der Waals surface area contributed by atoms with E-state index in [2.05, 4.69) is 20.8 Å². The van der Waals surface area contributed by atoms with Crippen molar-refractivity contribution in [3.8, 4) is 0 Å². The van der Waals surface area contributed by atoms with E-state index in [-0.39, 0.29) is 18.5 Å². The average molecular weight is 298 g/mol. The molecule has 0 aromatic rings. The topological polar surface area (TPSA) is 55.8 Å². The van der Waals surface area contributed by atoms with Crippen LogP contribution in [0.4, 0.5) is 0 Å². The maximum Gasteiger partial charge on any atom is 0.309 e. The predicted octanol–water partition coefficient (Wildman–Crippen LogP) is 3.21. The molecule has 4 nitrogen and oxygen atoms in total. The van der Waals surface area contributed by atoms with Gasteiger partial charge in [-0.1, -0.05) is 47.0 Å². The first kappa shape index (κ1) is 16.8. The summed E-state index contributed by atoms with van der Waals surface area (Å²) in [4.78, 5) is 11.6. The molecule has 1 N–H and O–H groups in total. The van der Waals surface area contributed by atoms with Crippen molar-refractivity contribution in [2.24, 2.45) is 5.92 Å². The van der Waals surface area contributed by atoms with Crippen molar-refractivity contribution in [1.82, 2.24) is 0 Å². The molecule has 0 radical (unpaired) electrons. The summed E-state index contributed by atoms with van der Waals surface area (Å²) < 4.78 is 11.8. The first-order valence-corrected chi connectivity index (χ1v) is 8.51. The highest BCUT2D eigenvalue weighted by Crippen LogP contribution is 2.51. The lowest BCUT2D eigenvalue weighted by Gasteiger charge is -2.37. The monoisotopic (exact) mass is 298 g/mol. The van der Waals surface area contributed by atoms with E-state index in [0.717, 1.165) is 19.3 Å². The molecule has 0 saturated carbocycles. The molecule has 122 valence electrons. The minimum Gasteiger partial charge on any atom is -0.453 e. The van der Waals surface area contributed by atoms with Crippen LogP contribution in [-0.2, 0) is 14.3 Å². The van der Waals surface area contributed by atoms with Gasteiger partial charge in [0, 0.05) is 0 Å². The van der Waals surface area contributed by atoms with E-state index in [9.17, 15) is 9.90 Å². The van der Waals surface area contributed by atoms with Crippen molar-refractivity contribution in [3.05, 3.63) is 0 Å². The van der Waals surface area contributed by atoms with Crippen LogP contribution < -0.4 is 0 Å². The molecular weight excluding hydrogens is 268 g/mol. The molecular formula is C17H30O4. The van der Waals surface area contributed by atoms with Crippen LogP contribution in [0.15, 0.2) is 0 Å². The fraction of sp³-hybridized carbons (Fsp3) is 0.941. The van der Waals surface area contributed by atoms with Crippen LogP contribution in [0, 0.1) is 5.92 Å². The third kappa shape index (κ3) is 2.72. The van der Waals surface area contributed by atoms with E-state index in [4.69, 9.17) is 9.47 Å². The summed E-state index contributed by atoms with van der Waals surface area (Å²) in [7, 11) is 0. The lowest BCUT2D eigenvalue weighted by molar-refractivity contribution is -0.162. The van der Waals surface area contributed by atoms with Gasteiger partial charge >= 0.3 is 5.97 Å². The Balaban J connectivity index is 2.16. The summed E-state index contributed by atoms with van der Waals surface area (Å²) in [5, 5.41) is 11.0. The van der Waals surface area contributed by atoms with Gasteiger partial charge in [-0.3, -0.25) is 4.79 Å². The van der Waals surface area contributed by atoms with Crippen LogP contribution >= 0.6 is 0 Å². The number of esters is 1. The second-order valence-electron chi connectivity index (χ2n) is 6.87. The second-order valence-corrected chi connectivity index (χ2v) is 6.87. The van der Waals surface area contributed by atoms with Crippen LogP contribution in [0.3, 0.4) is 0 Å². The highest BCUT2D eigenvalue weighted by molar-refractivity contribution is 5.74. The smallest absolute Gasteiger partial charge is 0.309 e. The van der Waals surface area contributed by atoms with Gasteiger partial charge in [0.05, 0.1) is 12.0 Å². The zero-order chi connectivity index (χ0) is 15.7. The van der Waals surface area contributed by atoms with Gasteiger partial charge in [-0.15, -0.1) is 0 Å². The van der Waals surface area contributed by atoms with Gasteiger partial charge in [0.25, 0.3) is 0 Å². The van der Waals surface area contributed by atoms with Crippen molar-refractivity contribution in [1.29, 1.82) is 0 Å². The van der Waals surface area contributed by atoms with E-state index in [1.165, 1.54) is 12.8 Å². The summed E-state index contributed by atoms with van der Waals surface area (Å²) in [6, 6.07) is 0. The Labute approximate surface area is 128 Å². The van der Waals surface area contributed by atoms with Gasteiger partial charge in [0.2, 0.25) is 0 Å². The molecule has 21 heavy (non-hydrogen) atoms. The molecule has 4 heteroatoms. The molecule has 2 aliphatic heterocycles. The molecule has 0 spiro atoms. The quantitative estimate of drug-likeness (QED) is 0.733. The molecule has 5 atom stereocenters. The van der Waals surface area contributed by atoms with Gasteiger partial charge in [-0.2, -0.15) is 0 Å². The first-order chi connectivity index (χ1) is 9.94. The molecule has 2 heterocycles. The Kier molecular flexibility index (Phi) is 4.99. The van der Waals surface area contributed by atoms with Crippen molar-refractivity contribution in [2.75, 3.05) is 0 Å². The lowest BCUT2D eigenvalue weighted by Crippen LogP contribution is -2.51. The number of ether oxygens (including phenoxy) is 2. The fourth-order valence-electron chi connectivity index (χ4n) is 4.13. The lowest BCUT2D eigenvalue weighted by atomic mass is 9.76. The minimum absolute atomic E-state index is 0.246. The van der Waals surface area contributed by atoms with Crippen molar-refractivity contribution in [3.63, 3.8) is 0 Å². The number of carbonyl (C=O) groups is 1. The van der Waals surface area contributed by atoms with Crippen LogP contribution in [0.25, 0.3) is 0 Å². The van der Waals surface area contributed by atoms with Crippen LogP contribution in [-0.4, -0.2) is 34.5 Å². The van der Waals surface area contributed by atoms with Crippen LogP contribution in [0.2, 0.25) is 0 Å². The van der Waals surface area contributed by atoms with Gasteiger partial charge < -0.3 is 14.6 Å². The van der Waals surface area contributed by atoms with Crippen LogP contribution in [0.5, 0.6) is 0 Å². The van der Waals surface area contributed by atoms with E-state index in [1.54, 1.807) is 0 Å². The zero-order valence-corrected chi connectivity index (χ0v) is 13.9. The summed E-state index contributed by atoms with van der Waals surface area (Å²) in [5.74, 6) is 0.257. The average Bonchev–Trinajstić information content (AvgIpc) is 2.89. The molecule has 0 aliphatic carbocycles. The van der Waals surface area contributed by atoms with E-state index in [0.29, 0.717) is 12.3 Å². The third-order valence-electron chi connectivity index (χ3n) is 5.43. The largest absolute Gasteiger partial charge is 0.453 e. The fourth-order valence-corrected chi connectivity index (χ4v) is 4.13. The molecule has 2 saturated heterocycles. The molecule has 0 bridgehead atoms. The number of unbranched alkanes of at least 4 members (excludes halogenated alkanes) is 1. The molecule has 2 fully saturated rings. The van der Waals surface area contributed by atoms with Crippen molar-refractivity contribution >= 4 is 5.97 Å². The summed E-state index contributed by atoms with van der Waals surface area (Å²) >= 11 is 0. The Hall–Kier alpha value is -0.610. The zero-order valence-electron chi connectivity index (χ0n) is 13.9. The predicted molar refractivity (Wildman–Crippen MR) is 80.9 cm³/mol. The van der Waals surface area contributed by atoms with Gasteiger partial charge in [0.1, 0.15) is 12.2 Å². The van der Waals surface area contributed by atoms with E-state index < -0.39 is 17.3 Å². The summed E-state index contributed by atoms with van der Waals surface area (Å²) in [6.07, 6.45) is 4.99. The van der Waals surface area contributed by atoms with Gasteiger partial charge in [-0.05, 0) is 25.2 Å². The molecule has 2 rings (SSSR count). The third-order valence-corrected chi connectivity index (χ3v) is 5.43. The number of aliphatic hydroxyl groups is 1. The normalized spacial score (nSPS) is 40.1. The first-order valence-electron chi connectivity index (χ1n) is 8.51. The van der Waals surface area contributed by atoms with Gasteiger partial charge in [-0.25, -0.2) is 0 Å². The van der Waals surface area contributed by atoms with E-state index in [1.807, 2.05) is 6.92 Å². The Morgan fingerprint density at radius 2 is 2.05 bits per heavy atom. The standard InChI is InChI=1S/C17H30O4/c1-5-8-9-12(4)11-16(6-2)15(19)17(7-3)13(20-16)10-14(18)21-17/h12-13,15,19H,5-11H2,1-4H3. The maximum absolute atomic E-state index is 11.6. The number of fused-ring (bicyclic) bond motifs is 1. The highest BCUT2D eigenvalue weighted by atomic mass is 16.6. The number of aliphatic hydroxyl groups excluding tert-OH is 1.